The molecule has 0 aliphatic heterocycles. The van der Waals surface area contributed by atoms with Crippen molar-refractivity contribution in [3.05, 3.63) is 18.4 Å². The maximum Gasteiger partial charge on any atom is 0.230 e. The van der Waals surface area contributed by atoms with Crippen LogP contribution in [0, 0.1) is 5.92 Å². The molecule has 23 heavy (non-hydrogen) atoms. The molecule has 2 heterocycles. The Balaban J connectivity index is 1.55. The fraction of sp³-hybridized carbons (Fsp3) is 0.533. The van der Waals surface area contributed by atoms with Crippen molar-refractivity contribution >= 4 is 17.7 Å². The molecule has 1 aliphatic carbocycles. The van der Waals surface area contributed by atoms with Crippen LogP contribution in [0.15, 0.2) is 28.0 Å². The first-order valence-corrected chi connectivity index (χ1v) is 8.80. The molecule has 0 bridgehead atoms. The molecule has 1 aliphatic rings. The van der Waals surface area contributed by atoms with Crippen LogP contribution in [-0.2, 0) is 4.79 Å². The molecular weight excluding hydrogens is 314 g/mol. The van der Waals surface area contributed by atoms with Crippen LogP contribution in [0.3, 0.4) is 0 Å². The molecule has 2 aromatic rings. The summed E-state index contributed by atoms with van der Waals surface area (Å²) in [6.07, 6.45) is 6.24. The third-order valence-electron chi connectivity index (χ3n) is 4.20. The summed E-state index contributed by atoms with van der Waals surface area (Å²) in [5, 5.41) is 11.6. The number of aromatic nitrogens is 3. The minimum Gasteiger partial charge on any atom is -0.461 e. The van der Waals surface area contributed by atoms with Gasteiger partial charge in [0.05, 0.1) is 12.0 Å². The molecule has 0 radical (unpaired) electrons. The summed E-state index contributed by atoms with van der Waals surface area (Å²) in [7, 11) is 0. The first-order chi connectivity index (χ1) is 11.1. The lowest BCUT2D eigenvalue weighted by Crippen LogP contribution is -2.41. The number of rotatable bonds is 5. The summed E-state index contributed by atoms with van der Waals surface area (Å²) in [6.45, 7) is 2.20. The average molecular weight is 335 g/mol. The van der Waals surface area contributed by atoms with Crippen LogP contribution in [0.2, 0.25) is 0 Å². The van der Waals surface area contributed by atoms with Gasteiger partial charge >= 0.3 is 0 Å². The van der Waals surface area contributed by atoms with Gasteiger partial charge in [-0.15, -0.1) is 10.2 Å². The highest BCUT2D eigenvalue weighted by Crippen LogP contribution is 2.24. The summed E-state index contributed by atoms with van der Waals surface area (Å²) in [5.74, 6) is 7.79. The van der Waals surface area contributed by atoms with Crippen molar-refractivity contribution in [2.24, 2.45) is 5.92 Å². The predicted molar refractivity (Wildman–Crippen MR) is 88.2 cm³/mol. The second-order valence-electron chi connectivity index (χ2n) is 5.88. The van der Waals surface area contributed by atoms with E-state index < -0.39 is 0 Å². The van der Waals surface area contributed by atoms with Crippen LogP contribution in [0.1, 0.15) is 32.6 Å². The van der Waals surface area contributed by atoms with Crippen LogP contribution >= 0.6 is 11.8 Å². The Kier molecular flexibility index (Phi) is 4.90. The minimum absolute atomic E-state index is 0.0105. The zero-order valence-electron chi connectivity index (χ0n) is 13.1. The molecule has 7 nitrogen and oxygen atoms in total. The third kappa shape index (κ3) is 3.69. The zero-order chi connectivity index (χ0) is 16.2. The summed E-state index contributed by atoms with van der Waals surface area (Å²) >= 11 is 1.27. The van der Waals surface area contributed by atoms with E-state index in [-0.39, 0.29) is 17.7 Å². The van der Waals surface area contributed by atoms with Crippen molar-refractivity contribution in [1.82, 2.24) is 20.2 Å². The van der Waals surface area contributed by atoms with Crippen LogP contribution in [0.25, 0.3) is 11.6 Å². The standard InChI is InChI=1S/C15H21N5O2S/c1-10-5-2-3-6-11(10)17-13(21)9-23-15-19-18-14(20(15)16)12-7-4-8-22-12/h4,7-8,10-11H,2-3,5-6,9,16H2,1H3,(H,17,21)/t10-,11+/m0/s1. The number of amides is 1. The Morgan fingerprint density at radius 1 is 1.48 bits per heavy atom. The van der Waals surface area contributed by atoms with Crippen LogP contribution < -0.4 is 11.2 Å². The van der Waals surface area contributed by atoms with Gasteiger partial charge in [-0.3, -0.25) is 4.79 Å². The molecule has 8 heteroatoms. The fourth-order valence-corrected chi connectivity index (χ4v) is 3.53. The molecule has 124 valence electrons. The molecule has 0 saturated heterocycles. The first-order valence-electron chi connectivity index (χ1n) is 7.81. The second kappa shape index (κ2) is 7.08. The summed E-state index contributed by atoms with van der Waals surface area (Å²) in [5.41, 5.74) is 0. The maximum atomic E-state index is 12.1. The van der Waals surface area contributed by atoms with Crippen LogP contribution in [-0.4, -0.2) is 32.6 Å². The van der Waals surface area contributed by atoms with E-state index in [1.54, 1.807) is 18.4 Å². The van der Waals surface area contributed by atoms with Crippen LogP contribution in [0.5, 0.6) is 0 Å². The van der Waals surface area contributed by atoms with Gasteiger partial charge in [0.1, 0.15) is 0 Å². The van der Waals surface area contributed by atoms with Crippen molar-refractivity contribution in [2.75, 3.05) is 11.6 Å². The lowest BCUT2D eigenvalue weighted by Gasteiger charge is -2.29. The van der Waals surface area contributed by atoms with Gasteiger partial charge in [0.25, 0.3) is 0 Å². The number of hydrogen-bond donors (Lipinski definition) is 2. The normalized spacial score (nSPS) is 21.3. The lowest BCUT2D eigenvalue weighted by atomic mass is 9.86. The number of carbonyl (C=O) groups excluding carboxylic acids is 1. The lowest BCUT2D eigenvalue weighted by molar-refractivity contribution is -0.119. The molecule has 2 aromatic heterocycles. The van der Waals surface area contributed by atoms with Crippen LogP contribution in [0.4, 0.5) is 0 Å². The Bertz CT molecular complexity index is 655. The van der Waals surface area contributed by atoms with Crippen molar-refractivity contribution in [1.29, 1.82) is 0 Å². The largest absolute Gasteiger partial charge is 0.461 e. The third-order valence-corrected chi connectivity index (χ3v) is 5.14. The minimum atomic E-state index is 0.0105. The highest BCUT2D eigenvalue weighted by atomic mass is 32.2. The van der Waals surface area contributed by atoms with Gasteiger partial charge in [0, 0.05) is 6.04 Å². The molecule has 3 N–H and O–H groups in total. The van der Waals surface area contributed by atoms with Gasteiger partial charge in [-0.2, -0.15) is 0 Å². The molecule has 0 spiro atoms. The summed E-state index contributed by atoms with van der Waals surface area (Å²) in [6, 6.07) is 3.81. The highest BCUT2D eigenvalue weighted by molar-refractivity contribution is 7.99. The number of nitrogens with zero attached hydrogens (tertiary/aromatic N) is 3. The number of nitrogen functional groups attached to an aromatic ring is 1. The number of nitrogens with one attached hydrogen (secondary N) is 1. The number of carbonyl (C=O) groups is 1. The first kappa shape index (κ1) is 15.9. The molecule has 1 amide bonds. The molecule has 3 rings (SSSR count). The number of furan rings is 1. The molecule has 2 atom stereocenters. The fourth-order valence-electron chi connectivity index (χ4n) is 2.86. The molecule has 1 saturated carbocycles. The van der Waals surface area contributed by atoms with E-state index in [0.29, 0.717) is 22.7 Å². The topological polar surface area (TPSA) is 99.0 Å². The predicted octanol–water partition coefficient (Wildman–Crippen LogP) is 2.04. The van der Waals surface area contributed by atoms with Crippen molar-refractivity contribution in [3.8, 4) is 11.6 Å². The van der Waals surface area contributed by atoms with E-state index in [1.165, 1.54) is 35.7 Å². The SMILES string of the molecule is C[C@H]1CCCC[C@H]1NC(=O)CSc1nnc(-c2ccco2)n1N. The Labute approximate surface area is 139 Å². The van der Waals surface area contributed by atoms with Gasteiger partial charge in [0.15, 0.2) is 5.76 Å². The Morgan fingerprint density at radius 2 is 2.30 bits per heavy atom. The van der Waals surface area contributed by atoms with Crippen molar-refractivity contribution < 1.29 is 9.21 Å². The quantitative estimate of drug-likeness (QED) is 0.641. The number of nitrogens with two attached hydrogens (primary N) is 1. The van der Waals surface area contributed by atoms with E-state index in [9.17, 15) is 4.79 Å². The number of hydrogen-bond acceptors (Lipinski definition) is 6. The second-order valence-corrected chi connectivity index (χ2v) is 6.82. The van der Waals surface area contributed by atoms with Gasteiger partial charge in [0.2, 0.25) is 16.9 Å². The summed E-state index contributed by atoms with van der Waals surface area (Å²) < 4.78 is 6.61. The van der Waals surface area contributed by atoms with Gasteiger partial charge in [-0.1, -0.05) is 31.5 Å². The van der Waals surface area contributed by atoms with Crippen molar-refractivity contribution in [2.45, 2.75) is 43.8 Å². The highest BCUT2D eigenvalue weighted by Gasteiger charge is 2.23. The van der Waals surface area contributed by atoms with Gasteiger partial charge in [-0.05, 0) is 30.9 Å². The van der Waals surface area contributed by atoms with E-state index in [2.05, 4.69) is 22.4 Å². The van der Waals surface area contributed by atoms with E-state index in [0.717, 1.165) is 6.42 Å². The summed E-state index contributed by atoms with van der Waals surface area (Å²) in [4.78, 5) is 12.1. The molecule has 0 aromatic carbocycles. The van der Waals surface area contributed by atoms with E-state index >= 15 is 0 Å². The van der Waals surface area contributed by atoms with Gasteiger partial charge < -0.3 is 15.6 Å². The Hall–Kier alpha value is -1.96. The maximum absolute atomic E-state index is 12.1. The zero-order valence-corrected chi connectivity index (χ0v) is 13.9. The molecule has 1 fully saturated rings. The molecular formula is C15H21N5O2S. The smallest absolute Gasteiger partial charge is 0.230 e. The van der Waals surface area contributed by atoms with E-state index in [4.69, 9.17) is 10.3 Å². The monoisotopic (exact) mass is 335 g/mol. The van der Waals surface area contributed by atoms with Gasteiger partial charge in [-0.25, -0.2) is 4.68 Å². The number of thioether (sulfide) groups is 1. The van der Waals surface area contributed by atoms with E-state index in [1.807, 2.05) is 0 Å². The molecule has 0 unspecified atom stereocenters. The Morgan fingerprint density at radius 3 is 3.04 bits per heavy atom. The van der Waals surface area contributed by atoms with Crippen molar-refractivity contribution in [3.63, 3.8) is 0 Å². The average Bonchev–Trinajstić information content (AvgIpc) is 3.17.